The lowest BCUT2D eigenvalue weighted by Gasteiger charge is -2.29. The van der Waals surface area contributed by atoms with Crippen LogP contribution in [-0.4, -0.2) is 56.8 Å². The largest absolute Gasteiger partial charge is 0.462 e. The average molecular weight is 560 g/mol. The van der Waals surface area contributed by atoms with E-state index >= 15 is 4.39 Å². The molecule has 1 unspecified atom stereocenters. The number of aliphatic hydroxyl groups excluding tert-OH is 1. The highest BCUT2D eigenvalue weighted by atomic mass is 31.2. The Labute approximate surface area is 217 Å². The zero-order valence-electron chi connectivity index (χ0n) is 21.4. The van der Waals surface area contributed by atoms with Crippen molar-refractivity contribution in [3.05, 3.63) is 52.8 Å². The average Bonchev–Trinajstić information content (AvgIpc) is 3.05. The van der Waals surface area contributed by atoms with Gasteiger partial charge >= 0.3 is 19.4 Å². The predicted molar refractivity (Wildman–Crippen MR) is 131 cm³/mol. The third kappa shape index (κ3) is 6.56. The number of halogens is 2. The number of aromatic nitrogens is 2. The Bertz CT molecular complexity index is 1250. The first-order valence-corrected chi connectivity index (χ1v) is 13.3. The van der Waals surface area contributed by atoms with Crippen molar-refractivity contribution < 1.29 is 41.8 Å². The third-order valence-corrected chi connectivity index (χ3v) is 7.40. The maximum absolute atomic E-state index is 15.6. The molecule has 0 amide bonds. The van der Waals surface area contributed by atoms with Crippen molar-refractivity contribution in [2.45, 2.75) is 77.0 Å². The number of benzene rings is 1. The van der Waals surface area contributed by atoms with Gasteiger partial charge in [-0.25, -0.2) is 18.1 Å². The summed E-state index contributed by atoms with van der Waals surface area (Å²) in [5, 5.41) is 13.2. The summed E-state index contributed by atoms with van der Waals surface area (Å²) < 4.78 is 65.9. The molecule has 0 radical (unpaired) electrons. The van der Waals surface area contributed by atoms with E-state index in [9.17, 15) is 23.7 Å². The van der Waals surface area contributed by atoms with Gasteiger partial charge in [-0.3, -0.25) is 13.9 Å². The number of nitrogen functional groups attached to an aromatic ring is 1. The van der Waals surface area contributed by atoms with Crippen LogP contribution in [0.25, 0.3) is 0 Å². The lowest BCUT2D eigenvalue weighted by Crippen LogP contribution is -2.45. The molecule has 15 heteroatoms. The molecule has 2 heterocycles. The number of carbonyl (C=O) groups is 1. The first kappa shape index (κ1) is 29.7. The van der Waals surface area contributed by atoms with E-state index in [2.05, 4.69) is 10.1 Å². The number of hydrogen-bond acceptors (Lipinski definition) is 10. The Morgan fingerprint density at radius 2 is 1.92 bits per heavy atom. The zero-order valence-corrected chi connectivity index (χ0v) is 22.3. The number of esters is 1. The minimum Gasteiger partial charge on any atom is -0.462 e. The highest BCUT2D eigenvalue weighted by molar-refractivity contribution is 7.52. The summed E-state index contributed by atoms with van der Waals surface area (Å²) in [5.41, 5.74) is 1.54. The predicted octanol–water partition coefficient (Wildman–Crippen LogP) is 2.47. The smallest absolute Gasteiger partial charge is 0.459 e. The summed E-state index contributed by atoms with van der Waals surface area (Å²) in [6.07, 6.45) is -6.45. The van der Waals surface area contributed by atoms with E-state index in [0.29, 0.717) is 10.8 Å². The van der Waals surface area contributed by atoms with Gasteiger partial charge in [0.15, 0.2) is 23.5 Å². The molecule has 0 bridgehead atoms. The number of alkyl halides is 1. The number of para-hydroxylation sites is 1. The fourth-order valence-corrected chi connectivity index (χ4v) is 5.45. The van der Waals surface area contributed by atoms with E-state index in [1.807, 2.05) is 0 Å². The van der Waals surface area contributed by atoms with Crippen LogP contribution in [0.5, 0.6) is 5.75 Å². The van der Waals surface area contributed by atoms with Crippen molar-refractivity contribution in [1.82, 2.24) is 14.6 Å². The minimum atomic E-state index is -4.41. The number of nitrogens with two attached hydrogens (primary N) is 1. The number of carbonyl (C=O) groups excluding carboxylic acids is 1. The van der Waals surface area contributed by atoms with E-state index in [0.717, 1.165) is 6.92 Å². The molecule has 1 aromatic carbocycles. The molecule has 12 nitrogen and oxygen atoms in total. The summed E-state index contributed by atoms with van der Waals surface area (Å²) in [6, 6.07) is 6.74. The van der Waals surface area contributed by atoms with Gasteiger partial charge in [0.25, 0.3) is 0 Å². The second-order valence-corrected chi connectivity index (χ2v) is 10.9. The van der Waals surface area contributed by atoms with E-state index < -0.39 is 73.4 Å². The third-order valence-electron chi connectivity index (χ3n) is 5.64. The molecule has 2 aromatic rings. The molecule has 1 aromatic heterocycles. The fraction of sp³-hybridized carbons (Fsp3) is 0.522. The van der Waals surface area contributed by atoms with Gasteiger partial charge in [-0.1, -0.05) is 18.2 Å². The van der Waals surface area contributed by atoms with E-state index in [-0.39, 0.29) is 5.75 Å². The molecular formula is C23H31F2N4O8P. The molecular weight excluding hydrogens is 529 g/mol. The summed E-state index contributed by atoms with van der Waals surface area (Å²) in [5.74, 6) is -2.40. The topological polar surface area (TPSA) is 164 Å². The van der Waals surface area contributed by atoms with Crippen LogP contribution in [0, 0.1) is 5.82 Å². The summed E-state index contributed by atoms with van der Waals surface area (Å²) >= 11 is 0. The Balaban J connectivity index is 1.88. The first-order chi connectivity index (χ1) is 17.6. The highest BCUT2D eigenvalue weighted by Gasteiger charge is 2.58. The van der Waals surface area contributed by atoms with E-state index in [4.69, 9.17) is 24.3 Å². The molecule has 210 valence electrons. The molecule has 0 saturated carbocycles. The number of anilines is 1. The number of hydrogen-bond donors (Lipinski definition) is 3. The monoisotopic (exact) mass is 560 g/mol. The molecule has 1 fully saturated rings. The molecule has 7 atom stereocenters. The van der Waals surface area contributed by atoms with Crippen LogP contribution in [0.3, 0.4) is 0 Å². The van der Waals surface area contributed by atoms with Gasteiger partial charge in [0.1, 0.15) is 24.0 Å². The molecule has 3 rings (SSSR count). The van der Waals surface area contributed by atoms with Gasteiger partial charge < -0.3 is 24.8 Å². The highest BCUT2D eigenvalue weighted by Crippen LogP contribution is 2.49. The zero-order chi connectivity index (χ0) is 28.4. The lowest BCUT2D eigenvalue weighted by atomic mass is 9.96. The van der Waals surface area contributed by atoms with Crippen molar-refractivity contribution in [3.8, 4) is 5.75 Å². The van der Waals surface area contributed by atoms with E-state index in [1.54, 1.807) is 32.0 Å². The number of ether oxygens (including phenoxy) is 2. The van der Waals surface area contributed by atoms with Gasteiger partial charge in [-0.2, -0.15) is 10.1 Å². The number of nitrogens with zero attached hydrogens (tertiary/aromatic N) is 2. The summed E-state index contributed by atoms with van der Waals surface area (Å²) in [4.78, 5) is 27.9. The van der Waals surface area contributed by atoms with Crippen LogP contribution in [0.2, 0.25) is 0 Å². The van der Waals surface area contributed by atoms with Crippen molar-refractivity contribution >= 4 is 19.5 Å². The van der Waals surface area contributed by atoms with Crippen LogP contribution >= 0.6 is 7.75 Å². The van der Waals surface area contributed by atoms with Crippen molar-refractivity contribution in [2.75, 3.05) is 5.73 Å². The molecule has 0 spiro atoms. The first-order valence-electron chi connectivity index (χ1n) is 11.7. The second-order valence-electron chi connectivity index (χ2n) is 9.26. The molecule has 1 aliphatic heterocycles. The molecule has 38 heavy (non-hydrogen) atoms. The van der Waals surface area contributed by atoms with Crippen molar-refractivity contribution in [3.63, 3.8) is 0 Å². The van der Waals surface area contributed by atoms with Gasteiger partial charge in [-0.15, -0.1) is 0 Å². The quantitative estimate of drug-likeness (QED) is 0.289. The Kier molecular flexibility index (Phi) is 8.94. The minimum absolute atomic E-state index is 0.121. The molecule has 0 aliphatic carbocycles. The Morgan fingerprint density at radius 3 is 2.53 bits per heavy atom. The Hall–Kier alpha value is -2.90. The number of aliphatic hydroxyl groups is 1. The van der Waals surface area contributed by atoms with E-state index in [1.165, 1.54) is 26.0 Å². The SMILES string of the molecule is CC(C)OC(=O)[C@H](C)N[P@](=O)(Oc1ccccc1)O[C@H](C)[C@H]1O[C@@H](n2cc(F)c(N)nc2=O)[C@](C)(F)C1O. The van der Waals surface area contributed by atoms with Crippen LogP contribution in [0.1, 0.15) is 40.8 Å². The normalized spacial score (nSPS) is 26.5. The fourth-order valence-electron chi connectivity index (χ4n) is 3.76. The van der Waals surface area contributed by atoms with Gasteiger partial charge in [0.2, 0.25) is 0 Å². The summed E-state index contributed by atoms with van der Waals surface area (Å²) in [7, 11) is -4.41. The van der Waals surface area contributed by atoms with Gasteiger partial charge in [-0.05, 0) is 46.8 Å². The second kappa shape index (κ2) is 11.5. The van der Waals surface area contributed by atoms with Crippen molar-refractivity contribution in [1.29, 1.82) is 0 Å². The van der Waals surface area contributed by atoms with Gasteiger partial charge in [0, 0.05) is 0 Å². The van der Waals surface area contributed by atoms with Crippen LogP contribution in [0.4, 0.5) is 14.6 Å². The molecule has 1 aliphatic rings. The number of nitrogens with one attached hydrogen (secondary N) is 1. The van der Waals surface area contributed by atoms with Crippen LogP contribution in [0.15, 0.2) is 41.3 Å². The maximum atomic E-state index is 15.6. The lowest BCUT2D eigenvalue weighted by molar-refractivity contribution is -0.149. The summed E-state index contributed by atoms with van der Waals surface area (Å²) in [6.45, 7) is 6.92. The standard InChI is InChI=1S/C23H31F2N4O8P/c1-12(2)34-20(31)13(3)28-38(33,37-15-9-7-6-8-10-15)36-14(4)17-18(30)23(5,25)21(35-17)29-11-16(24)19(26)27-22(29)32/h6-14,17-18,21,30H,1-5H3,(H,28,33)(H2,26,27,32)/t13-,14+,17+,18?,21+,23+,38+/m0/s1. The number of rotatable bonds is 10. The Morgan fingerprint density at radius 1 is 1.29 bits per heavy atom. The van der Waals surface area contributed by atoms with Gasteiger partial charge in [0.05, 0.1) is 18.4 Å². The van der Waals surface area contributed by atoms with Crippen LogP contribution < -0.4 is 21.0 Å². The molecule has 4 N–H and O–H groups in total. The van der Waals surface area contributed by atoms with Crippen molar-refractivity contribution in [2.24, 2.45) is 0 Å². The maximum Gasteiger partial charge on any atom is 0.459 e. The van der Waals surface area contributed by atoms with Crippen LogP contribution in [-0.2, 0) is 23.4 Å². The molecule has 1 saturated heterocycles.